The highest BCUT2D eigenvalue weighted by molar-refractivity contribution is 6.05. The number of ether oxygens (including phenoxy) is 1. The molecular weight excluding hydrogens is 489 g/mol. The third kappa shape index (κ3) is 6.50. The maximum atomic E-state index is 12.8. The smallest absolute Gasteiger partial charge is 0.475 e. The largest absolute Gasteiger partial charge is 0.490 e. The highest BCUT2D eigenvalue weighted by Gasteiger charge is 2.38. The lowest BCUT2D eigenvalue weighted by Gasteiger charge is -2.22. The van der Waals surface area contributed by atoms with Crippen LogP contribution in [0.15, 0.2) is 73.1 Å². The van der Waals surface area contributed by atoms with E-state index in [0.29, 0.717) is 25.4 Å². The standard InChI is InChI=1S/C24H22N4O2.C2HF3O2/c29-24(23-20-9-5-4-8-18(20)10-12-25-23)26-14-21-22-19(11-13-30-21)16-28(27-22)15-17-6-2-1-3-7-17;3-2(4,5)1(6)7/h1-10,12,16,21H,11,13-15H2,(H,26,29);(H,6,7). The number of alkyl halides is 3. The molecule has 5 rings (SSSR count). The third-order valence-corrected chi connectivity index (χ3v) is 5.63. The molecule has 8 nitrogen and oxygen atoms in total. The van der Waals surface area contributed by atoms with Crippen LogP contribution in [0, 0.1) is 0 Å². The maximum Gasteiger partial charge on any atom is 0.490 e. The van der Waals surface area contributed by atoms with Gasteiger partial charge in [0.25, 0.3) is 5.91 Å². The second-order valence-electron chi connectivity index (χ2n) is 8.23. The molecule has 192 valence electrons. The van der Waals surface area contributed by atoms with Gasteiger partial charge in [-0.2, -0.15) is 18.3 Å². The van der Waals surface area contributed by atoms with Gasteiger partial charge >= 0.3 is 12.1 Å². The first kappa shape index (κ1) is 25.8. The van der Waals surface area contributed by atoms with Crippen LogP contribution in [0.4, 0.5) is 13.2 Å². The number of amides is 1. The van der Waals surface area contributed by atoms with Crippen LogP contribution < -0.4 is 5.32 Å². The van der Waals surface area contributed by atoms with Gasteiger partial charge < -0.3 is 15.2 Å². The predicted octanol–water partition coefficient (Wildman–Crippen LogP) is 4.16. The highest BCUT2D eigenvalue weighted by Crippen LogP contribution is 2.26. The van der Waals surface area contributed by atoms with Gasteiger partial charge in [0, 0.05) is 24.3 Å². The van der Waals surface area contributed by atoms with Crippen molar-refractivity contribution in [1.29, 1.82) is 0 Å². The first-order valence-electron chi connectivity index (χ1n) is 11.4. The van der Waals surface area contributed by atoms with Crippen LogP contribution in [-0.2, 0) is 22.5 Å². The van der Waals surface area contributed by atoms with Crippen LogP contribution in [0.1, 0.15) is 33.4 Å². The van der Waals surface area contributed by atoms with Crippen molar-refractivity contribution in [2.75, 3.05) is 13.2 Å². The number of hydrogen-bond donors (Lipinski definition) is 2. The second-order valence-corrected chi connectivity index (χ2v) is 8.23. The first-order valence-corrected chi connectivity index (χ1v) is 11.4. The average Bonchev–Trinajstić information content (AvgIpc) is 3.30. The minimum Gasteiger partial charge on any atom is -0.475 e. The summed E-state index contributed by atoms with van der Waals surface area (Å²) in [5.41, 5.74) is 3.71. The molecule has 3 heterocycles. The summed E-state index contributed by atoms with van der Waals surface area (Å²) >= 11 is 0. The Balaban J connectivity index is 0.000000405. The topological polar surface area (TPSA) is 106 Å². The van der Waals surface area contributed by atoms with E-state index >= 15 is 0 Å². The van der Waals surface area contributed by atoms with Crippen LogP contribution in [0.25, 0.3) is 10.8 Å². The molecule has 1 aliphatic rings. The Labute approximate surface area is 209 Å². The van der Waals surface area contributed by atoms with Gasteiger partial charge in [0.05, 0.1) is 18.8 Å². The number of nitrogens with zero attached hydrogens (tertiary/aromatic N) is 3. The molecule has 1 amide bonds. The maximum absolute atomic E-state index is 12.8. The fourth-order valence-corrected chi connectivity index (χ4v) is 3.91. The number of rotatable bonds is 5. The number of pyridine rings is 1. The number of halogens is 3. The molecule has 0 fully saturated rings. The zero-order valence-electron chi connectivity index (χ0n) is 19.5. The molecule has 4 aromatic rings. The fourth-order valence-electron chi connectivity index (χ4n) is 3.91. The van der Waals surface area contributed by atoms with Gasteiger partial charge in [-0.25, -0.2) is 4.79 Å². The molecule has 1 unspecified atom stereocenters. The van der Waals surface area contributed by atoms with Gasteiger partial charge in [-0.1, -0.05) is 54.6 Å². The molecule has 2 aromatic carbocycles. The predicted molar refractivity (Wildman–Crippen MR) is 128 cm³/mol. The normalized spacial score (nSPS) is 14.8. The van der Waals surface area contributed by atoms with E-state index in [2.05, 4.69) is 28.6 Å². The zero-order chi connectivity index (χ0) is 26.4. The number of carbonyl (C=O) groups excluding carboxylic acids is 1. The van der Waals surface area contributed by atoms with Crippen molar-refractivity contribution >= 4 is 22.6 Å². The number of benzene rings is 2. The van der Waals surface area contributed by atoms with Gasteiger partial charge in [0.15, 0.2) is 0 Å². The molecule has 0 aliphatic carbocycles. The number of hydrogen-bond acceptors (Lipinski definition) is 5. The summed E-state index contributed by atoms with van der Waals surface area (Å²) in [7, 11) is 0. The van der Waals surface area contributed by atoms with Crippen LogP contribution >= 0.6 is 0 Å². The van der Waals surface area contributed by atoms with Crippen LogP contribution in [0.2, 0.25) is 0 Å². The first-order chi connectivity index (χ1) is 17.7. The van der Waals surface area contributed by atoms with E-state index in [1.807, 2.05) is 53.2 Å². The monoisotopic (exact) mass is 512 g/mol. The average molecular weight is 512 g/mol. The lowest BCUT2D eigenvalue weighted by Crippen LogP contribution is -2.32. The summed E-state index contributed by atoms with van der Waals surface area (Å²) in [6, 6.07) is 19.9. The van der Waals surface area contributed by atoms with E-state index in [9.17, 15) is 18.0 Å². The Bertz CT molecular complexity index is 1380. The number of fused-ring (bicyclic) bond motifs is 2. The second kappa shape index (κ2) is 11.2. The number of carboxylic acids is 1. The molecule has 0 saturated carbocycles. The number of carbonyl (C=O) groups is 2. The summed E-state index contributed by atoms with van der Waals surface area (Å²) in [6.45, 7) is 1.70. The lowest BCUT2D eigenvalue weighted by atomic mass is 10.1. The highest BCUT2D eigenvalue weighted by atomic mass is 19.4. The molecule has 11 heteroatoms. The summed E-state index contributed by atoms with van der Waals surface area (Å²) in [5.74, 6) is -2.96. The quantitative estimate of drug-likeness (QED) is 0.416. The van der Waals surface area contributed by atoms with E-state index in [4.69, 9.17) is 19.7 Å². The molecule has 37 heavy (non-hydrogen) atoms. The Hall–Kier alpha value is -4.25. The van der Waals surface area contributed by atoms with Crippen LogP contribution in [-0.4, -0.2) is 51.1 Å². The Kier molecular flexibility index (Phi) is 7.83. The molecule has 0 bridgehead atoms. The summed E-state index contributed by atoms with van der Waals surface area (Å²) in [6.07, 6.45) is -0.756. The van der Waals surface area contributed by atoms with Gasteiger partial charge in [-0.05, 0) is 29.0 Å². The van der Waals surface area contributed by atoms with E-state index < -0.39 is 12.1 Å². The van der Waals surface area contributed by atoms with Crippen molar-refractivity contribution in [3.63, 3.8) is 0 Å². The zero-order valence-corrected chi connectivity index (χ0v) is 19.5. The molecule has 0 saturated heterocycles. The molecule has 0 radical (unpaired) electrons. The van der Waals surface area contributed by atoms with Crippen molar-refractivity contribution in [3.05, 3.63) is 95.6 Å². The molecule has 0 spiro atoms. The minimum atomic E-state index is -5.08. The molecule has 1 aliphatic heterocycles. The number of aromatic nitrogens is 3. The van der Waals surface area contributed by atoms with Gasteiger partial charge in [-0.3, -0.25) is 14.5 Å². The molecule has 1 atom stereocenters. The third-order valence-electron chi connectivity index (χ3n) is 5.63. The van der Waals surface area contributed by atoms with E-state index in [1.165, 1.54) is 11.1 Å². The SMILES string of the molecule is O=C(NCC1OCCc2cn(Cc3ccccc3)nc21)c1nccc2ccccc12.O=C(O)C(F)(F)F. The van der Waals surface area contributed by atoms with Gasteiger partial charge in [-0.15, -0.1) is 0 Å². The Morgan fingerprint density at radius 2 is 1.78 bits per heavy atom. The van der Waals surface area contributed by atoms with Crippen molar-refractivity contribution < 1.29 is 32.6 Å². The Morgan fingerprint density at radius 3 is 2.51 bits per heavy atom. The van der Waals surface area contributed by atoms with Crippen molar-refractivity contribution in [2.45, 2.75) is 25.2 Å². The Morgan fingerprint density at radius 1 is 1.08 bits per heavy atom. The van der Waals surface area contributed by atoms with Crippen molar-refractivity contribution in [1.82, 2.24) is 20.1 Å². The van der Waals surface area contributed by atoms with Crippen molar-refractivity contribution in [2.24, 2.45) is 0 Å². The van der Waals surface area contributed by atoms with Crippen LogP contribution in [0.5, 0.6) is 0 Å². The number of nitrogens with one attached hydrogen (secondary N) is 1. The number of aliphatic carboxylic acids is 1. The summed E-state index contributed by atoms with van der Waals surface area (Å²) in [4.78, 5) is 26.0. The molecular formula is C26H23F3N4O4. The number of carboxylic acid groups (broad SMARTS) is 1. The lowest BCUT2D eigenvalue weighted by molar-refractivity contribution is -0.192. The fraction of sp³-hybridized carbons (Fsp3) is 0.231. The summed E-state index contributed by atoms with van der Waals surface area (Å²) < 4.78 is 39.6. The summed E-state index contributed by atoms with van der Waals surface area (Å²) in [5, 5.41) is 16.7. The van der Waals surface area contributed by atoms with Gasteiger partial charge in [0.2, 0.25) is 0 Å². The van der Waals surface area contributed by atoms with E-state index in [1.54, 1.807) is 6.20 Å². The van der Waals surface area contributed by atoms with Gasteiger partial charge in [0.1, 0.15) is 11.8 Å². The minimum absolute atomic E-state index is 0.203. The van der Waals surface area contributed by atoms with Crippen LogP contribution in [0.3, 0.4) is 0 Å². The molecule has 2 aromatic heterocycles. The van der Waals surface area contributed by atoms with E-state index in [0.717, 1.165) is 22.9 Å². The molecule has 2 N–H and O–H groups in total. The van der Waals surface area contributed by atoms with Crippen molar-refractivity contribution in [3.8, 4) is 0 Å². The van der Waals surface area contributed by atoms with E-state index in [-0.39, 0.29) is 12.0 Å².